The molecule has 0 rings (SSSR count). The number of nitrogens with zero attached hydrogens (tertiary/aromatic N) is 1. The van der Waals surface area contributed by atoms with Gasteiger partial charge in [-0.3, -0.25) is 4.48 Å². The lowest BCUT2D eigenvalue weighted by Gasteiger charge is -2.31. The summed E-state index contributed by atoms with van der Waals surface area (Å²) in [5.74, 6) is 2.44. The quantitative estimate of drug-likeness (QED) is 0.247. The fraction of sp³-hybridized carbons (Fsp3) is 0.833. The highest BCUT2D eigenvalue weighted by molar-refractivity contribution is 6.30. The van der Waals surface area contributed by atoms with Crippen LogP contribution in [0.25, 0.3) is 0 Å². The first-order valence-electron chi connectivity index (χ1n) is 5.88. The highest BCUT2D eigenvalue weighted by Gasteiger charge is 2.31. The third-order valence-corrected chi connectivity index (χ3v) is 2.58. The maximum absolute atomic E-state index is 10.0. The molecule has 0 aliphatic rings. The number of aliphatic hydroxyl groups is 2. The molecule has 0 bridgehead atoms. The molecule has 0 aliphatic heterocycles. The van der Waals surface area contributed by atoms with E-state index in [1.54, 1.807) is 27.7 Å². The second-order valence-corrected chi connectivity index (χ2v) is 6.02. The van der Waals surface area contributed by atoms with Crippen molar-refractivity contribution >= 4 is 7.32 Å². The minimum Gasteiger partial charge on any atom is -0.832 e. The van der Waals surface area contributed by atoms with Crippen molar-refractivity contribution in [1.29, 1.82) is 0 Å². The third-order valence-electron chi connectivity index (χ3n) is 2.58. The van der Waals surface area contributed by atoms with Gasteiger partial charge in [-0.1, -0.05) is 0 Å². The zero-order valence-electron chi connectivity index (χ0n) is 12.7. The smallest absolute Gasteiger partial charge is 0.348 e. The highest BCUT2D eigenvalue weighted by atomic mass is 16.6. The van der Waals surface area contributed by atoms with Crippen molar-refractivity contribution in [1.82, 2.24) is 0 Å². The van der Waals surface area contributed by atoms with Crippen molar-refractivity contribution in [2.75, 3.05) is 27.4 Å². The summed E-state index contributed by atoms with van der Waals surface area (Å²) in [6.07, 6.45) is 5.06. The molecule has 0 saturated heterocycles. The Hall–Kier alpha value is -0.615. The summed E-state index contributed by atoms with van der Waals surface area (Å²) in [6, 6.07) is 0. The molecule has 3 N–H and O–H groups in total. The van der Waals surface area contributed by atoms with Crippen molar-refractivity contribution in [3.8, 4) is 12.3 Å². The van der Waals surface area contributed by atoms with Crippen molar-refractivity contribution in [2.24, 2.45) is 0 Å². The normalized spacial score (nSPS) is 12.3. The zero-order valence-corrected chi connectivity index (χ0v) is 12.7. The number of hydrogen-bond donors (Lipinski definition) is 3. The molecule has 112 valence electrons. The minimum atomic E-state index is -1.97. The molecule has 0 heterocycles. The van der Waals surface area contributed by atoms with E-state index >= 15 is 0 Å². The average Bonchev–Trinajstić information content (AvgIpc) is 2.12. The molecule has 0 aromatic heterocycles. The second-order valence-electron chi connectivity index (χ2n) is 6.02. The van der Waals surface area contributed by atoms with E-state index in [9.17, 15) is 5.02 Å². The molecule has 0 radical (unpaired) electrons. The molecule has 0 fully saturated rings. The van der Waals surface area contributed by atoms with Crippen molar-refractivity contribution in [2.45, 2.75) is 38.9 Å². The molecule has 0 aromatic carbocycles. The average molecular weight is 275 g/mol. The maximum Gasteiger partial charge on any atom is 0.348 e. The lowest BCUT2D eigenvalue weighted by Crippen LogP contribution is -2.46. The van der Waals surface area contributed by atoms with Gasteiger partial charge in [-0.2, -0.15) is 0 Å². The summed E-state index contributed by atoms with van der Waals surface area (Å²) in [6.45, 7) is 6.89. The number of terminal acetylenes is 1. The Labute approximate surface area is 116 Å². The van der Waals surface area contributed by atoms with Crippen LogP contribution in [0.3, 0.4) is 0 Å². The molecule has 0 atom stereocenters. The summed E-state index contributed by atoms with van der Waals surface area (Å²) in [4.78, 5) is 0. The maximum atomic E-state index is 10.0. The van der Waals surface area contributed by atoms with Crippen LogP contribution in [0, 0.1) is 12.3 Å². The van der Waals surface area contributed by atoms with Gasteiger partial charge in [0.05, 0.1) is 25.3 Å². The Bertz CT molecular complexity index is 274. The van der Waals surface area contributed by atoms with Gasteiger partial charge in [0, 0.05) is 0 Å². The van der Waals surface area contributed by atoms with Crippen LogP contribution in [0.2, 0.25) is 0 Å². The van der Waals surface area contributed by atoms with Crippen LogP contribution in [-0.4, -0.2) is 65.6 Å². The Balaban J connectivity index is 0. The topological polar surface area (TPSA) is 93.0 Å². The third kappa shape index (κ3) is 12.2. The van der Waals surface area contributed by atoms with E-state index in [-0.39, 0.29) is 6.73 Å². The molecule has 6 nitrogen and oxygen atoms in total. The SMILES string of the molecule is C#CC[N+](C)(C)COB([O-])O.CC(C)(O)C(C)(C)O. The fourth-order valence-electron chi connectivity index (χ4n) is 0.558. The van der Waals surface area contributed by atoms with Crippen LogP contribution in [0.15, 0.2) is 0 Å². The second kappa shape index (κ2) is 7.85. The van der Waals surface area contributed by atoms with E-state index in [4.69, 9.17) is 21.7 Å². The Morgan fingerprint density at radius 2 is 1.58 bits per heavy atom. The Morgan fingerprint density at radius 1 is 1.21 bits per heavy atom. The van der Waals surface area contributed by atoms with Crippen LogP contribution in [-0.2, 0) is 4.65 Å². The van der Waals surface area contributed by atoms with Gasteiger partial charge in [0.15, 0.2) is 6.73 Å². The monoisotopic (exact) mass is 275 g/mol. The summed E-state index contributed by atoms with van der Waals surface area (Å²) >= 11 is 0. The van der Waals surface area contributed by atoms with Gasteiger partial charge in [-0.25, -0.2) is 0 Å². The number of quaternary nitrogens is 1. The van der Waals surface area contributed by atoms with E-state index in [1.165, 1.54) is 0 Å². The van der Waals surface area contributed by atoms with Gasteiger partial charge in [0.1, 0.15) is 6.54 Å². The van der Waals surface area contributed by atoms with E-state index < -0.39 is 18.5 Å². The van der Waals surface area contributed by atoms with Crippen molar-refractivity contribution in [3.05, 3.63) is 0 Å². The largest absolute Gasteiger partial charge is 0.832 e. The fourth-order valence-corrected chi connectivity index (χ4v) is 0.558. The number of rotatable bonds is 5. The van der Waals surface area contributed by atoms with E-state index in [0.29, 0.717) is 11.0 Å². The lowest BCUT2D eigenvalue weighted by molar-refractivity contribution is -0.900. The predicted molar refractivity (Wildman–Crippen MR) is 72.3 cm³/mol. The van der Waals surface area contributed by atoms with Crippen molar-refractivity contribution in [3.63, 3.8) is 0 Å². The van der Waals surface area contributed by atoms with Crippen LogP contribution in [0.1, 0.15) is 27.7 Å². The van der Waals surface area contributed by atoms with E-state index in [1.807, 2.05) is 14.1 Å². The highest BCUT2D eigenvalue weighted by Crippen LogP contribution is 2.19. The van der Waals surface area contributed by atoms with Gasteiger partial charge in [-0.05, 0) is 33.6 Å². The molecule has 7 heteroatoms. The Kier molecular flexibility index (Phi) is 8.55. The summed E-state index contributed by atoms with van der Waals surface area (Å²) < 4.78 is 4.81. The van der Waals surface area contributed by atoms with E-state index in [0.717, 1.165) is 0 Å². The first kappa shape index (κ1) is 20.7. The first-order valence-corrected chi connectivity index (χ1v) is 5.88. The van der Waals surface area contributed by atoms with Crippen LogP contribution >= 0.6 is 0 Å². The molecular weight excluding hydrogens is 249 g/mol. The van der Waals surface area contributed by atoms with Crippen LogP contribution < -0.4 is 5.02 Å². The van der Waals surface area contributed by atoms with Crippen LogP contribution in [0.4, 0.5) is 0 Å². The van der Waals surface area contributed by atoms with Gasteiger partial charge in [0.2, 0.25) is 0 Å². The molecule has 0 spiro atoms. The predicted octanol–water partition coefficient (Wildman–Crippen LogP) is -1.46. The van der Waals surface area contributed by atoms with Crippen molar-refractivity contribution < 1.29 is 29.4 Å². The first-order chi connectivity index (χ1) is 8.23. The van der Waals surface area contributed by atoms with Crippen LogP contribution in [0.5, 0.6) is 0 Å². The minimum absolute atomic E-state index is 0.120. The molecule has 0 saturated carbocycles. The molecule has 0 aromatic rings. The van der Waals surface area contributed by atoms with Gasteiger partial charge >= 0.3 is 7.32 Å². The Morgan fingerprint density at radius 3 is 1.79 bits per heavy atom. The van der Waals surface area contributed by atoms with E-state index in [2.05, 4.69) is 10.6 Å². The summed E-state index contributed by atoms with van der Waals surface area (Å²) in [7, 11) is 1.65. The van der Waals surface area contributed by atoms with Gasteiger partial charge in [-0.15, -0.1) is 6.42 Å². The molecule has 0 aliphatic carbocycles. The molecule has 0 amide bonds. The zero-order chi connectivity index (χ0) is 15.9. The standard InChI is InChI=1S/C6H12BNO3.C6H14O2/c1-4-5-8(2,3)6-11-7(9)10;1-5(2,7)6(3,4)8/h1,9H,5-6H2,2-3H3;7-8H,1-4H3. The van der Waals surface area contributed by atoms with Gasteiger partial charge < -0.3 is 24.9 Å². The molecule has 19 heavy (non-hydrogen) atoms. The lowest BCUT2D eigenvalue weighted by atomic mass is 9.90. The molecular formula is C12H26BNO5. The van der Waals surface area contributed by atoms with Gasteiger partial charge in [0.25, 0.3) is 0 Å². The summed E-state index contributed by atoms with van der Waals surface area (Å²) in [5.41, 5.74) is -2.01. The molecule has 0 unspecified atom stereocenters. The summed E-state index contributed by atoms with van der Waals surface area (Å²) in [5, 5.41) is 36.5. The number of hydrogen-bond acceptors (Lipinski definition) is 5.